The predicted molar refractivity (Wildman–Crippen MR) is 133 cm³/mol. The number of benzene rings is 2. The molecule has 4 rings (SSSR count). The molecular formula is C26H26N4O5. The molecule has 0 aliphatic heterocycles. The number of aromatic carboxylic acids is 1. The summed E-state index contributed by atoms with van der Waals surface area (Å²) in [5.41, 5.74) is 2.88. The number of imidazole rings is 1. The lowest BCUT2D eigenvalue weighted by Crippen LogP contribution is -2.19. The van der Waals surface area contributed by atoms with E-state index < -0.39 is 5.97 Å². The molecule has 0 bridgehead atoms. The number of H-pyrrole nitrogens is 2. The van der Waals surface area contributed by atoms with Crippen molar-refractivity contribution in [1.82, 2.24) is 19.9 Å². The maximum atomic E-state index is 12.0. The number of aromatic amines is 2. The van der Waals surface area contributed by atoms with Gasteiger partial charge in [-0.2, -0.15) is 0 Å². The first-order valence-corrected chi connectivity index (χ1v) is 10.9. The van der Waals surface area contributed by atoms with Gasteiger partial charge in [0.15, 0.2) is 0 Å². The smallest absolute Gasteiger partial charge is 0.339 e. The quantitative estimate of drug-likeness (QED) is 0.338. The van der Waals surface area contributed by atoms with Crippen LogP contribution in [0.4, 0.5) is 0 Å². The molecule has 0 aliphatic rings. The number of hydrogen-bond donors (Lipinski definition) is 3. The highest BCUT2D eigenvalue weighted by Crippen LogP contribution is 2.35. The molecule has 9 nitrogen and oxygen atoms in total. The van der Waals surface area contributed by atoms with Crippen molar-refractivity contribution in [2.75, 3.05) is 34.4 Å². The van der Waals surface area contributed by atoms with E-state index in [1.807, 2.05) is 43.3 Å². The molecule has 4 aromatic rings. The van der Waals surface area contributed by atoms with Crippen LogP contribution in [-0.2, 0) is 0 Å². The number of ether oxygens (including phenoxy) is 2. The third-order valence-corrected chi connectivity index (χ3v) is 5.41. The average Bonchev–Trinajstić information content (AvgIpc) is 3.29. The molecule has 0 unspecified atom stereocenters. The van der Waals surface area contributed by atoms with E-state index in [0.29, 0.717) is 34.9 Å². The topological polar surface area (TPSA) is 121 Å². The molecule has 0 fully saturated rings. The Balaban J connectivity index is 1.76. The van der Waals surface area contributed by atoms with Gasteiger partial charge in [-0.15, -0.1) is 0 Å². The van der Waals surface area contributed by atoms with Crippen LogP contribution in [0, 0.1) is 0 Å². The summed E-state index contributed by atoms with van der Waals surface area (Å²) in [6.07, 6.45) is 1.55. The Kier molecular flexibility index (Phi) is 6.98. The summed E-state index contributed by atoms with van der Waals surface area (Å²) in [5, 5.41) is 9.62. The molecule has 180 valence electrons. The summed E-state index contributed by atoms with van der Waals surface area (Å²) in [4.78, 5) is 36.5. The number of carboxylic acids is 1. The highest BCUT2D eigenvalue weighted by Gasteiger charge is 2.19. The molecule has 0 saturated heterocycles. The molecule has 2 aromatic carbocycles. The Hall–Kier alpha value is -4.37. The van der Waals surface area contributed by atoms with Gasteiger partial charge in [0.25, 0.3) is 0 Å². The van der Waals surface area contributed by atoms with E-state index in [-0.39, 0.29) is 16.9 Å². The Morgan fingerprint density at radius 3 is 2.43 bits per heavy atom. The van der Waals surface area contributed by atoms with Crippen molar-refractivity contribution in [3.63, 3.8) is 0 Å². The van der Waals surface area contributed by atoms with Gasteiger partial charge in [-0.1, -0.05) is 0 Å². The molecule has 0 spiro atoms. The van der Waals surface area contributed by atoms with E-state index >= 15 is 0 Å². The lowest BCUT2D eigenvalue weighted by atomic mass is 10.0. The summed E-state index contributed by atoms with van der Waals surface area (Å²) in [6, 6.07) is 15.6. The van der Waals surface area contributed by atoms with E-state index in [4.69, 9.17) is 14.5 Å². The minimum absolute atomic E-state index is 0.0191. The van der Waals surface area contributed by atoms with Gasteiger partial charge in [-0.25, -0.2) is 9.78 Å². The van der Waals surface area contributed by atoms with Crippen molar-refractivity contribution < 1.29 is 19.4 Å². The maximum Gasteiger partial charge on any atom is 0.339 e. The van der Waals surface area contributed by atoms with Crippen molar-refractivity contribution in [3.05, 3.63) is 76.7 Å². The number of methoxy groups -OCH3 is 1. The van der Waals surface area contributed by atoms with Crippen LogP contribution in [0.3, 0.4) is 0 Å². The lowest BCUT2D eigenvalue weighted by molar-refractivity contribution is 0.0693. The molecule has 3 N–H and O–H groups in total. The van der Waals surface area contributed by atoms with Gasteiger partial charge in [0.05, 0.1) is 18.5 Å². The minimum atomic E-state index is -1.11. The number of pyridine rings is 1. The highest BCUT2D eigenvalue weighted by molar-refractivity contribution is 5.93. The summed E-state index contributed by atoms with van der Waals surface area (Å²) in [5.74, 6) is 0.461. The molecule has 35 heavy (non-hydrogen) atoms. The zero-order chi connectivity index (χ0) is 24.9. The first-order chi connectivity index (χ1) is 16.9. The summed E-state index contributed by atoms with van der Waals surface area (Å²) in [6.45, 7) is 1.39. The minimum Gasteiger partial charge on any atom is -0.496 e. The van der Waals surface area contributed by atoms with Gasteiger partial charge < -0.3 is 29.4 Å². The van der Waals surface area contributed by atoms with Crippen molar-refractivity contribution in [3.8, 4) is 45.4 Å². The van der Waals surface area contributed by atoms with Crippen LogP contribution in [0.15, 0.2) is 65.6 Å². The lowest BCUT2D eigenvalue weighted by Gasteiger charge is -2.11. The zero-order valence-corrected chi connectivity index (χ0v) is 19.7. The molecular weight excluding hydrogens is 448 g/mol. The molecule has 0 saturated carbocycles. The normalized spacial score (nSPS) is 11.0. The Bertz CT molecular complexity index is 1390. The van der Waals surface area contributed by atoms with Crippen LogP contribution in [0.5, 0.6) is 11.5 Å². The molecule has 2 aromatic heterocycles. The Morgan fingerprint density at radius 2 is 1.77 bits per heavy atom. The fourth-order valence-corrected chi connectivity index (χ4v) is 3.61. The van der Waals surface area contributed by atoms with Gasteiger partial charge in [-0.3, -0.25) is 4.79 Å². The second kappa shape index (κ2) is 10.3. The number of carboxylic acid groups (broad SMARTS) is 1. The van der Waals surface area contributed by atoms with E-state index in [1.165, 1.54) is 19.2 Å². The summed E-state index contributed by atoms with van der Waals surface area (Å²) < 4.78 is 11.0. The monoisotopic (exact) mass is 474 g/mol. The first kappa shape index (κ1) is 23.8. The summed E-state index contributed by atoms with van der Waals surface area (Å²) in [7, 11) is 5.40. The van der Waals surface area contributed by atoms with Crippen LogP contribution in [0.2, 0.25) is 0 Å². The van der Waals surface area contributed by atoms with Gasteiger partial charge in [0.1, 0.15) is 29.5 Å². The highest BCUT2D eigenvalue weighted by atomic mass is 16.5. The van der Waals surface area contributed by atoms with Gasteiger partial charge in [0.2, 0.25) is 5.56 Å². The maximum absolute atomic E-state index is 12.0. The van der Waals surface area contributed by atoms with Crippen LogP contribution in [0.25, 0.3) is 33.9 Å². The number of aromatic nitrogens is 3. The molecule has 0 aliphatic carbocycles. The van der Waals surface area contributed by atoms with E-state index in [1.54, 1.807) is 24.4 Å². The average molecular weight is 475 g/mol. The van der Waals surface area contributed by atoms with Crippen LogP contribution in [-0.4, -0.2) is 65.3 Å². The number of nitrogens with zero attached hydrogens (tertiary/aromatic N) is 2. The van der Waals surface area contributed by atoms with Crippen molar-refractivity contribution in [2.24, 2.45) is 0 Å². The zero-order valence-electron chi connectivity index (χ0n) is 19.7. The third-order valence-electron chi connectivity index (χ3n) is 5.41. The van der Waals surface area contributed by atoms with Crippen molar-refractivity contribution in [1.29, 1.82) is 0 Å². The second-order valence-corrected chi connectivity index (χ2v) is 8.15. The van der Waals surface area contributed by atoms with E-state index in [0.717, 1.165) is 17.9 Å². The number of carbonyl (C=O) groups is 1. The van der Waals surface area contributed by atoms with E-state index in [9.17, 15) is 14.7 Å². The predicted octanol–water partition coefficient (Wildman–Crippen LogP) is 3.75. The van der Waals surface area contributed by atoms with Crippen LogP contribution >= 0.6 is 0 Å². The van der Waals surface area contributed by atoms with Crippen LogP contribution < -0.4 is 15.0 Å². The second-order valence-electron chi connectivity index (χ2n) is 8.15. The number of hydrogen-bond acceptors (Lipinski definition) is 6. The fourth-order valence-electron chi connectivity index (χ4n) is 3.61. The third kappa shape index (κ3) is 5.42. The fraction of sp³-hybridized carbons (Fsp3) is 0.192. The summed E-state index contributed by atoms with van der Waals surface area (Å²) >= 11 is 0. The van der Waals surface area contributed by atoms with Crippen molar-refractivity contribution >= 4 is 5.97 Å². The Morgan fingerprint density at radius 1 is 1.03 bits per heavy atom. The number of rotatable bonds is 9. The molecule has 0 radical (unpaired) electrons. The van der Waals surface area contributed by atoms with E-state index in [2.05, 4.69) is 9.97 Å². The van der Waals surface area contributed by atoms with Gasteiger partial charge in [-0.05, 0) is 62.6 Å². The largest absolute Gasteiger partial charge is 0.496 e. The number of nitrogens with one attached hydrogen (secondary N) is 2. The van der Waals surface area contributed by atoms with Gasteiger partial charge in [0, 0.05) is 35.5 Å². The molecule has 0 amide bonds. The Labute approximate surface area is 202 Å². The van der Waals surface area contributed by atoms with Crippen molar-refractivity contribution in [2.45, 2.75) is 0 Å². The SMILES string of the molecule is COc1ccc(-c2nc(-c3ccc(OCCN(C)C)cc3)[nH]c2-c2cc[nH]c(=O)c2)cc1C(=O)O. The van der Waals surface area contributed by atoms with Gasteiger partial charge >= 0.3 is 5.97 Å². The van der Waals surface area contributed by atoms with Crippen LogP contribution in [0.1, 0.15) is 10.4 Å². The first-order valence-electron chi connectivity index (χ1n) is 10.9. The molecule has 9 heteroatoms. The molecule has 2 heterocycles. The molecule has 0 atom stereocenters. The standard InChI is InChI=1S/C26H26N4O5/c1-30(2)12-13-35-19-7-4-16(5-8-19)25-28-23(24(29-25)18-10-11-27-22(31)15-18)17-6-9-21(34-3)20(14-17)26(32)33/h4-11,14-15H,12-13H2,1-3H3,(H,27,31)(H,28,29)(H,32,33). The number of likely N-dealkylation sites (N-methyl/N-ethyl adjacent to an activating group) is 1.